The highest BCUT2D eigenvalue weighted by Crippen LogP contribution is 2.30. The van der Waals surface area contributed by atoms with Crippen LogP contribution < -0.4 is 15.8 Å². The number of furan rings is 1. The summed E-state index contributed by atoms with van der Waals surface area (Å²) >= 11 is 0. The molecule has 136 valence electrons. The monoisotopic (exact) mass is 368 g/mol. The second-order valence-corrected chi connectivity index (χ2v) is 6.15. The van der Waals surface area contributed by atoms with Crippen LogP contribution in [0.15, 0.2) is 34.9 Å². The molecule has 0 bridgehead atoms. The first-order chi connectivity index (χ1) is 11.6. The van der Waals surface area contributed by atoms with Crippen molar-refractivity contribution >= 4 is 18.3 Å². The Labute approximate surface area is 152 Å². The topological polar surface area (TPSA) is 77.5 Å². The standard InChI is InChI=1S/C18H21FN2O3.ClH/c1-11(21-18(22)14-6-15(8-20)23-10-14)13-4-5-17(16(19)7-13)24-9-12-2-3-12;/h4-7,10-12H,2-3,8-9,20H2,1H3,(H,21,22);1H. The molecule has 3 N–H and O–H groups in total. The summed E-state index contributed by atoms with van der Waals surface area (Å²) in [6, 6.07) is 6.02. The Morgan fingerprint density at radius 1 is 1.44 bits per heavy atom. The second-order valence-electron chi connectivity index (χ2n) is 6.15. The Morgan fingerprint density at radius 2 is 2.20 bits per heavy atom. The van der Waals surface area contributed by atoms with Gasteiger partial charge in [0.05, 0.1) is 24.8 Å². The number of hydrogen-bond donors (Lipinski definition) is 2. The highest BCUT2D eigenvalue weighted by Gasteiger charge is 2.22. The first-order valence-corrected chi connectivity index (χ1v) is 8.07. The van der Waals surface area contributed by atoms with Crippen LogP contribution in [0, 0.1) is 11.7 Å². The van der Waals surface area contributed by atoms with Gasteiger partial charge in [0, 0.05) is 0 Å². The van der Waals surface area contributed by atoms with Crippen molar-refractivity contribution in [3.8, 4) is 5.75 Å². The van der Waals surface area contributed by atoms with E-state index in [2.05, 4.69) is 5.32 Å². The third-order valence-electron chi connectivity index (χ3n) is 4.09. The van der Waals surface area contributed by atoms with Crippen molar-refractivity contribution in [1.82, 2.24) is 5.32 Å². The molecule has 3 rings (SSSR count). The predicted octanol–water partition coefficient (Wildman–Crippen LogP) is 3.58. The summed E-state index contributed by atoms with van der Waals surface area (Å²) in [6.07, 6.45) is 3.67. The van der Waals surface area contributed by atoms with Gasteiger partial charge < -0.3 is 20.2 Å². The van der Waals surface area contributed by atoms with Crippen molar-refractivity contribution in [1.29, 1.82) is 0 Å². The summed E-state index contributed by atoms with van der Waals surface area (Å²) in [4.78, 5) is 12.2. The van der Waals surface area contributed by atoms with Crippen molar-refractivity contribution in [2.45, 2.75) is 32.4 Å². The lowest BCUT2D eigenvalue weighted by atomic mass is 10.1. The van der Waals surface area contributed by atoms with Crippen LogP contribution in [0.3, 0.4) is 0 Å². The largest absolute Gasteiger partial charge is 0.490 e. The van der Waals surface area contributed by atoms with Crippen LogP contribution in [0.4, 0.5) is 4.39 Å². The molecule has 5 nitrogen and oxygen atoms in total. The van der Waals surface area contributed by atoms with Gasteiger partial charge in [-0.1, -0.05) is 6.07 Å². The molecule has 1 amide bonds. The Morgan fingerprint density at radius 3 is 2.80 bits per heavy atom. The van der Waals surface area contributed by atoms with Crippen LogP contribution in [-0.2, 0) is 6.54 Å². The maximum absolute atomic E-state index is 14.1. The summed E-state index contributed by atoms with van der Waals surface area (Å²) in [6.45, 7) is 2.59. The van der Waals surface area contributed by atoms with Gasteiger partial charge in [0.1, 0.15) is 12.0 Å². The van der Waals surface area contributed by atoms with Gasteiger partial charge in [-0.05, 0) is 49.4 Å². The molecule has 1 aromatic carbocycles. The van der Waals surface area contributed by atoms with Crippen molar-refractivity contribution in [3.63, 3.8) is 0 Å². The summed E-state index contributed by atoms with van der Waals surface area (Å²) in [5.41, 5.74) is 6.52. The van der Waals surface area contributed by atoms with Gasteiger partial charge >= 0.3 is 0 Å². The van der Waals surface area contributed by atoms with Gasteiger partial charge in [-0.25, -0.2) is 4.39 Å². The van der Waals surface area contributed by atoms with Crippen LogP contribution in [0.2, 0.25) is 0 Å². The van der Waals surface area contributed by atoms with E-state index in [0.717, 1.165) is 12.8 Å². The van der Waals surface area contributed by atoms with Crippen LogP contribution in [0.5, 0.6) is 5.75 Å². The number of halogens is 2. The molecular formula is C18H22ClFN2O3. The molecule has 1 aliphatic carbocycles. The lowest BCUT2D eigenvalue weighted by molar-refractivity contribution is 0.0939. The van der Waals surface area contributed by atoms with E-state index >= 15 is 0 Å². The first kappa shape index (κ1) is 19.3. The first-order valence-electron chi connectivity index (χ1n) is 8.07. The van der Waals surface area contributed by atoms with E-state index in [0.29, 0.717) is 29.4 Å². The average Bonchev–Trinajstić information content (AvgIpc) is 3.27. The Balaban J connectivity index is 0.00000225. The van der Waals surface area contributed by atoms with Gasteiger partial charge in [-0.2, -0.15) is 0 Å². The smallest absolute Gasteiger partial charge is 0.255 e. The predicted molar refractivity (Wildman–Crippen MR) is 94.3 cm³/mol. The van der Waals surface area contributed by atoms with Gasteiger partial charge in [0.2, 0.25) is 0 Å². The summed E-state index contributed by atoms with van der Waals surface area (Å²) in [5, 5.41) is 2.81. The normalized spacial score (nSPS) is 14.5. The number of hydrogen-bond acceptors (Lipinski definition) is 4. The molecule has 0 saturated heterocycles. The quantitative estimate of drug-likeness (QED) is 0.783. The minimum atomic E-state index is -0.414. The van der Waals surface area contributed by atoms with Crippen LogP contribution in [0.1, 0.15) is 47.5 Å². The number of carbonyl (C=O) groups is 1. The molecule has 0 radical (unpaired) electrons. The maximum atomic E-state index is 14.1. The highest BCUT2D eigenvalue weighted by atomic mass is 35.5. The number of rotatable bonds is 7. The zero-order valence-corrected chi connectivity index (χ0v) is 14.8. The molecule has 1 aromatic heterocycles. The minimum absolute atomic E-state index is 0. The summed E-state index contributed by atoms with van der Waals surface area (Å²) in [5.74, 6) is 0.654. The molecule has 0 spiro atoms. The number of nitrogens with two attached hydrogens (primary N) is 1. The molecule has 1 aliphatic rings. The van der Waals surface area contributed by atoms with Crippen LogP contribution in [0.25, 0.3) is 0 Å². The SMILES string of the molecule is CC(NC(=O)c1coc(CN)c1)c1ccc(OCC2CC2)c(F)c1.Cl. The summed E-state index contributed by atoms with van der Waals surface area (Å²) < 4.78 is 24.7. The molecule has 1 atom stereocenters. The van der Waals surface area contributed by atoms with E-state index in [-0.39, 0.29) is 36.7 Å². The third kappa shape index (κ3) is 4.96. The van der Waals surface area contributed by atoms with Gasteiger partial charge in [-0.3, -0.25) is 4.79 Å². The fourth-order valence-corrected chi connectivity index (χ4v) is 2.37. The molecule has 1 saturated carbocycles. The zero-order valence-electron chi connectivity index (χ0n) is 14.0. The molecule has 7 heteroatoms. The molecule has 0 aliphatic heterocycles. The highest BCUT2D eigenvalue weighted by molar-refractivity contribution is 5.94. The van der Waals surface area contributed by atoms with E-state index in [9.17, 15) is 9.18 Å². The number of benzene rings is 1. The van der Waals surface area contributed by atoms with Crippen molar-refractivity contribution in [2.75, 3.05) is 6.61 Å². The fraction of sp³-hybridized carbons (Fsp3) is 0.389. The number of amides is 1. The maximum Gasteiger partial charge on any atom is 0.255 e. The Hall–Kier alpha value is -2.05. The van der Waals surface area contributed by atoms with Crippen molar-refractivity contribution < 1.29 is 18.3 Å². The van der Waals surface area contributed by atoms with Crippen molar-refractivity contribution in [2.24, 2.45) is 11.7 Å². The zero-order chi connectivity index (χ0) is 17.1. The van der Waals surface area contributed by atoms with Crippen LogP contribution >= 0.6 is 12.4 Å². The number of ether oxygens (including phenoxy) is 1. The molecule has 1 unspecified atom stereocenters. The molecule has 25 heavy (non-hydrogen) atoms. The lowest BCUT2D eigenvalue weighted by Gasteiger charge is -2.15. The molecule has 1 fully saturated rings. The average molecular weight is 369 g/mol. The Bertz CT molecular complexity index is 731. The van der Waals surface area contributed by atoms with E-state index in [1.807, 2.05) is 0 Å². The minimum Gasteiger partial charge on any atom is -0.490 e. The molecular weight excluding hydrogens is 347 g/mol. The molecule has 2 aromatic rings. The Kier molecular flexibility index (Phi) is 6.45. The fourth-order valence-electron chi connectivity index (χ4n) is 2.37. The van der Waals surface area contributed by atoms with E-state index in [1.54, 1.807) is 25.1 Å². The van der Waals surface area contributed by atoms with E-state index in [1.165, 1.54) is 12.3 Å². The number of carbonyl (C=O) groups excluding carboxylic acids is 1. The van der Waals surface area contributed by atoms with Gasteiger partial charge in [0.25, 0.3) is 5.91 Å². The van der Waals surface area contributed by atoms with Crippen molar-refractivity contribution in [3.05, 3.63) is 53.2 Å². The van der Waals surface area contributed by atoms with Gasteiger partial charge in [-0.15, -0.1) is 12.4 Å². The molecule has 1 heterocycles. The third-order valence-corrected chi connectivity index (χ3v) is 4.09. The van der Waals surface area contributed by atoms with E-state index < -0.39 is 5.82 Å². The number of nitrogens with one attached hydrogen (secondary N) is 1. The second kappa shape index (κ2) is 8.36. The van der Waals surface area contributed by atoms with Gasteiger partial charge in [0.15, 0.2) is 11.6 Å². The summed E-state index contributed by atoms with van der Waals surface area (Å²) in [7, 11) is 0. The van der Waals surface area contributed by atoms with Crippen LogP contribution in [-0.4, -0.2) is 12.5 Å². The lowest BCUT2D eigenvalue weighted by Crippen LogP contribution is -2.26. The van der Waals surface area contributed by atoms with E-state index in [4.69, 9.17) is 14.9 Å².